The third-order valence-electron chi connectivity index (χ3n) is 7.00. The highest BCUT2D eigenvalue weighted by molar-refractivity contribution is 7.92. The lowest BCUT2D eigenvalue weighted by atomic mass is 9.83. The summed E-state index contributed by atoms with van der Waals surface area (Å²) >= 11 is 0. The molecule has 1 N–H and O–H groups in total. The van der Waals surface area contributed by atoms with Crippen LogP contribution >= 0.6 is 0 Å². The van der Waals surface area contributed by atoms with Gasteiger partial charge in [0.2, 0.25) is 0 Å². The first-order valence-corrected chi connectivity index (χ1v) is 13.5. The van der Waals surface area contributed by atoms with E-state index in [9.17, 15) is 13.2 Å². The topological polar surface area (TPSA) is 84.9 Å². The van der Waals surface area contributed by atoms with Gasteiger partial charge in [0.15, 0.2) is 0 Å². The predicted octanol–water partition coefficient (Wildman–Crippen LogP) is 5.33. The average molecular weight is 509 g/mol. The molecule has 1 atom stereocenters. The Labute approximate surface area is 213 Å². The van der Waals surface area contributed by atoms with Crippen molar-refractivity contribution in [2.75, 3.05) is 18.5 Å². The van der Waals surface area contributed by atoms with Crippen LogP contribution in [-0.4, -0.2) is 34.1 Å². The minimum absolute atomic E-state index is 0.154. The number of carbonyl (C=O) groups is 1. The lowest BCUT2D eigenvalue weighted by molar-refractivity contribution is 0.0227. The average Bonchev–Trinajstić information content (AvgIpc) is 2.92. The monoisotopic (exact) mass is 508 g/mol. The van der Waals surface area contributed by atoms with E-state index in [0.717, 1.165) is 24.2 Å². The number of methoxy groups -OCH3 is 1. The van der Waals surface area contributed by atoms with Gasteiger partial charge in [0.05, 0.1) is 23.7 Å². The molecule has 3 aromatic rings. The Balaban J connectivity index is 1.52. The van der Waals surface area contributed by atoms with Crippen molar-refractivity contribution in [1.82, 2.24) is 5.32 Å². The van der Waals surface area contributed by atoms with Crippen LogP contribution in [0.25, 0.3) is 0 Å². The van der Waals surface area contributed by atoms with Gasteiger partial charge in [-0.15, -0.1) is 0 Å². The van der Waals surface area contributed by atoms with Gasteiger partial charge in [-0.1, -0.05) is 32.0 Å². The Morgan fingerprint density at radius 1 is 1.03 bits per heavy atom. The number of fused-ring (bicyclic) bond motifs is 1. The summed E-state index contributed by atoms with van der Waals surface area (Å²) in [7, 11) is -0.747. The van der Waals surface area contributed by atoms with Crippen LogP contribution in [0, 0.1) is 0 Å². The highest BCUT2D eigenvalue weighted by Gasteiger charge is 2.39. The van der Waals surface area contributed by atoms with Crippen molar-refractivity contribution in [3.05, 3.63) is 83.9 Å². The Kier molecular flexibility index (Phi) is 7.26. The third kappa shape index (κ3) is 4.91. The number of amides is 1. The Bertz CT molecular complexity index is 1320. The number of carbonyl (C=O) groups excluding carboxylic acids is 1. The van der Waals surface area contributed by atoms with Crippen LogP contribution in [0.1, 0.15) is 55.1 Å². The Morgan fingerprint density at radius 3 is 2.28 bits per heavy atom. The number of ether oxygens (including phenoxy) is 2. The fourth-order valence-electron chi connectivity index (χ4n) is 4.54. The van der Waals surface area contributed by atoms with Gasteiger partial charge in [0.1, 0.15) is 17.1 Å². The van der Waals surface area contributed by atoms with E-state index in [2.05, 4.69) is 19.2 Å². The molecule has 0 spiro atoms. The highest BCUT2D eigenvalue weighted by atomic mass is 32.2. The number of hydrogen-bond donors (Lipinski definition) is 1. The van der Waals surface area contributed by atoms with E-state index in [-0.39, 0.29) is 22.4 Å². The molecule has 1 aliphatic heterocycles. The molecule has 0 aliphatic carbocycles. The Hall–Kier alpha value is -3.52. The summed E-state index contributed by atoms with van der Waals surface area (Å²) in [5.41, 5.74) is 1.55. The van der Waals surface area contributed by atoms with Crippen molar-refractivity contribution in [1.29, 1.82) is 0 Å². The fraction of sp³-hybridized carbons (Fsp3) is 0.321. The van der Waals surface area contributed by atoms with E-state index >= 15 is 0 Å². The summed E-state index contributed by atoms with van der Waals surface area (Å²) in [5, 5.41) is 3.17. The number of hydrogen-bond acceptors (Lipinski definition) is 5. The molecule has 3 aromatic carbocycles. The van der Waals surface area contributed by atoms with Crippen LogP contribution in [0.4, 0.5) is 5.69 Å². The molecule has 190 valence electrons. The molecule has 1 aliphatic rings. The molecule has 0 bridgehead atoms. The van der Waals surface area contributed by atoms with Gasteiger partial charge < -0.3 is 14.8 Å². The second-order valence-corrected chi connectivity index (χ2v) is 10.9. The largest absolute Gasteiger partial charge is 0.497 e. The zero-order valence-electron chi connectivity index (χ0n) is 21.0. The van der Waals surface area contributed by atoms with Gasteiger partial charge in [0, 0.05) is 24.6 Å². The molecule has 0 saturated carbocycles. The summed E-state index contributed by atoms with van der Waals surface area (Å²) in [5.74, 6) is 1.16. The smallest absolute Gasteiger partial charge is 0.264 e. The maximum atomic E-state index is 13.2. The van der Waals surface area contributed by atoms with Crippen LogP contribution in [0.2, 0.25) is 0 Å². The lowest BCUT2D eigenvalue weighted by Gasteiger charge is -2.41. The molecule has 36 heavy (non-hydrogen) atoms. The van der Waals surface area contributed by atoms with Crippen LogP contribution in [0.15, 0.2) is 77.7 Å². The maximum Gasteiger partial charge on any atom is 0.264 e. The molecule has 1 heterocycles. The first-order chi connectivity index (χ1) is 17.2. The van der Waals surface area contributed by atoms with Gasteiger partial charge >= 0.3 is 0 Å². The molecule has 0 aromatic heterocycles. The summed E-state index contributed by atoms with van der Waals surface area (Å²) < 4.78 is 38.7. The standard InChI is InChI=1S/C28H32N2O5S/c1-5-28(6-2)19-25(24-9-7-8-10-26(24)35-28)29-27(31)20-11-13-21(14-12-20)30(3)36(32,33)23-17-15-22(34-4)16-18-23/h7-18,25H,5-6,19H2,1-4H3,(H,29,31). The van der Waals surface area contributed by atoms with Crippen LogP contribution < -0.4 is 19.1 Å². The van der Waals surface area contributed by atoms with Gasteiger partial charge in [-0.2, -0.15) is 0 Å². The number of nitrogens with one attached hydrogen (secondary N) is 1. The number of sulfonamides is 1. The van der Waals surface area contributed by atoms with Crippen LogP contribution in [-0.2, 0) is 10.0 Å². The molecular weight excluding hydrogens is 476 g/mol. The summed E-state index contributed by atoms with van der Waals surface area (Å²) in [6, 6.07) is 20.4. The minimum atomic E-state index is -3.76. The first-order valence-electron chi connectivity index (χ1n) is 12.0. The van der Waals surface area contributed by atoms with E-state index < -0.39 is 10.0 Å². The van der Waals surface area contributed by atoms with Crippen molar-refractivity contribution in [2.24, 2.45) is 0 Å². The zero-order valence-corrected chi connectivity index (χ0v) is 21.8. The zero-order chi connectivity index (χ0) is 25.9. The lowest BCUT2D eigenvalue weighted by Crippen LogP contribution is -2.44. The van der Waals surface area contributed by atoms with Crippen molar-refractivity contribution in [3.8, 4) is 11.5 Å². The van der Waals surface area contributed by atoms with Gasteiger partial charge in [-0.05, 0) is 67.4 Å². The number of rotatable bonds is 8. The third-order valence-corrected chi connectivity index (χ3v) is 8.80. The van der Waals surface area contributed by atoms with Crippen LogP contribution in [0.3, 0.4) is 0 Å². The molecule has 0 saturated heterocycles. The molecule has 8 heteroatoms. The first kappa shape index (κ1) is 25.6. The highest BCUT2D eigenvalue weighted by Crippen LogP contribution is 2.42. The van der Waals surface area contributed by atoms with Gasteiger partial charge in [-0.25, -0.2) is 8.42 Å². The van der Waals surface area contributed by atoms with Gasteiger partial charge in [0.25, 0.3) is 15.9 Å². The van der Waals surface area contributed by atoms with Crippen LogP contribution in [0.5, 0.6) is 11.5 Å². The van der Waals surface area contributed by atoms with E-state index in [0.29, 0.717) is 23.4 Å². The molecule has 1 unspecified atom stereocenters. The van der Waals surface area contributed by atoms with E-state index in [1.54, 1.807) is 36.4 Å². The fourth-order valence-corrected chi connectivity index (χ4v) is 5.73. The van der Waals surface area contributed by atoms with Crippen molar-refractivity contribution < 1.29 is 22.7 Å². The second kappa shape index (κ2) is 10.2. The quantitative estimate of drug-likeness (QED) is 0.444. The van der Waals surface area contributed by atoms with Crippen molar-refractivity contribution in [2.45, 2.75) is 49.6 Å². The number of anilines is 1. The number of para-hydroxylation sites is 1. The predicted molar refractivity (Wildman–Crippen MR) is 140 cm³/mol. The summed E-state index contributed by atoms with van der Waals surface area (Å²) in [6.07, 6.45) is 2.37. The summed E-state index contributed by atoms with van der Waals surface area (Å²) in [6.45, 7) is 4.21. The van der Waals surface area contributed by atoms with E-state index in [1.165, 1.54) is 30.6 Å². The van der Waals surface area contributed by atoms with Crippen molar-refractivity contribution in [3.63, 3.8) is 0 Å². The molecule has 0 fully saturated rings. The number of nitrogens with zero attached hydrogens (tertiary/aromatic N) is 1. The summed E-state index contributed by atoms with van der Waals surface area (Å²) in [4.78, 5) is 13.3. The molecule has 4 rings (SSSR count). The maximum absolute atomic E-state index is 13.2. The second-order valence-electron chi connectivity index (χ2n) is 8.96. The molecule has 7 nitrogen and oxygen atoms in total. The molecule has 0 radical (unpaired) electrons. The normalized spacial score (nSPS) is 16.4. The van der Waals surface area contributed by atoms with Crippen molar-refractivity contribution >= 4 is 21.6 Å². The Morgan fingerprint density at radius 2 is 1.67 bits per heavy atom. The molecule has 1 amide bonds. The van der Waals surface area contributed by atoms with Gasteiger partial charge in [-0.3, -0.25) is 9.10 Å². The SMILES string of the molecule is CCC1(CC)CC(NC(=O)c2ccc(N(C)S(=O)(=O)c3ccc(OC)cc3)cc2)c2ccccc2O1. The minimum Gasteiger partial charge on any atom is -0.497 e. The van der Waals surface area contributed by atoms with E-state index in [4.69, 9.17) is 9.47 Å². The van der Waals surface area contributed by atoms with E-state index in [1.807, 2.05) is 24.3 Å². The molecular formula is C28H32N2O5S. The number of benzene rings is 3.